The van der Waals surface area contributed by atoms with Gasteiger partial charge in [0.25, 0.3) is 0 Å². The van der Waals surface area contributed by atoms with Gasteiger partial charge in [-0.05, 0) is 48.8 Å². The van der Waals surface area contributed by atoms with Crippen molar-refractivity contribution in [3.63, 3.8) is 0 Å². The molecule has 1 aromatic carbocycles. The molecule has 20 heavy (non-hydrogen) atoms. The fraction of sp³-hybridized carbons (Fsp3) is 0.571. The van der Waals surface area contributed by atoms with Gasteiger partial charge in [0, 0.05) is 12.7 Å². The SMILES string of the molecule is O=S1(=O)CCC([C@@H](CCO)c2cc(F)cc(F)c2)CC1. The van der Waals surface area contributed by atoms with Crippen LogP contribution in [0.25, 0.3) is 0 Å². The molecule has 0 saturated carbocycles. The van der Waals surface area contributed by atoms with E-state index in [0.29, 0.717) is 24.8 Å². The molecule has 112 valence electrons. The van der Waals surface area contributed by atoms with Crippen LogP contribution in [-0.2, 0) is 9.84 Å². The first-order chi connectivity index (χ1) is 9.41. The van der Waals surface area contributed by atoms with Gasteiger partial charge in [-0.1, -0.05) is 0 Å². The number of aliphatic hydroxyl groups is 1. The second-order valence-electron chi connectivity index (χ2n) is 5.31. The molecule has 1 saturated heterocycles. The summed E-state index contributed by atoms with van der Waals surface area (Å²) in [5.74, 6) is -1.25. The van der Waals surface area contributed by atoms with Crippen LogP contribution in [0.4, 0.5) is 8.78 Å². The minimum absolute atomic E-state index is 0.0341. The number of hydrogen-bond donors (Lipinski definition) is 1. The Morgan fingerprint density at radius 2 is 1.70 bits per heavy atom. The molecule has 1 aliphatic heterocycles. The van der Waals surface area contributed by atoms with E-state index >= 15 is 0 Å². The monoisotopic (exact) mass is 304 g/mol. The van der Waals surface area contributed by atoms with Crippen molar-refractivity contribution in [2.75, 3.05) is 18.1 Å². The van der Waals surface area contributed by atoms with E-state index in [-0.39, 0.29) is 29.9 Å². The normalized spacial score (nSPS) is 20.8. The molecule has 1 atom stereocenters. The minimum Gasteiger partial charge on any atom is -0.396 e. The van der Waals surface area contributed by atoms with E-state index in [1.54, 1.807) is 0 Å². The Morgan fingerprint density at radius 3 is 2.20 bits per heavy atom. The zero-order chi connectivity index (χ0) is 14.8. The van der Waals surface area contributed by atoms with Crippen LogP contribution in [0, 0.1) is 17.6 Å². The molecule has 1 fully saturated rings. The second-order valence-corrected chi connectivity index (χ2v) is 7.61. The lowest BCUT2D eigenvalue weighted by molar-refractivity contribution is 0.247. The maximum absolute atomic E-state index is 13.3. The Hall–Kier alpha value is -1.01. The molecule has 0 amide bonds. The van der Waals surface area contributed by atoms with Crippen molar-refractivity contribution >= 4 is 9.84 Å². The third-order valence-corrected chi connectivity index (χ3v) is 5.64. The molecular weight excluding hydrogens is 286 g/mol. The number of sulfone groups is 1. The highest BCUT2D eigenvalue weighted by Gasteiger charge is 2.30. The highest BCUT2D eigenvalue weighted by Crippen LogP contribution is 2.36. The first-order valence-corrected chi connectivity index (χ1v) is 8.51. The molecule has 3 nitrogen and oxygen atoms in total. The van der Waals surface area contributed by atoms with Gasteiger partial charge in [0.2, 0.25) is 0 Å². The standard InChI is InChI=1S/C14H18F2O3S/c15-12-7-11(8-13(16)9-12)14(1-4-17)10-2-5-20(18,19)6-3-10/h7-10,14,17H,1-6H2/t14-/m1/s1. The quantitative estimate of drug-likeness (QED) is 0.928. The van der Waals surface area contributed by atoms with Crippen molar-refractivity contribution in [2.24, 2.45) is 5.92 Å². The summed E-state index contributed by atoms with van der Waals surface area (Å²) in [5, 5.41) is 9.16. The summed E-state index contributed by atoms with van der Waals surface area (Å²) in [5.41, 5.74) is 0.501. The predicted octanol–water partition coefficient (Wildman–Crippen LogP) is 2.26. The predicted molar refractivity (Wildman–Crippen MR) is 72.2 cm³/mol. The van der Waals surface area contributed by atoms with Crippen molar-refractivity contribution in [1.29, 1.82) is 0 Å². The molecule has 0 unspecified atom stereocenters. The summed E-state index contributed by atoms with van der Waals surface area (Å²) in [7, 11) is -2.97. The Balaban J connectivity index is 2.22. The molecule has 0 aliphatic carbocycles. The molecule has 2 rings (SSSR count). The van der Waals surface area contributed by atoms with Gasteiger partial charge in [-0.25, -0.2) is 17.2 Å². The summed E-state index contributed by atoms with van der Waals surface area (Å²) in [6.07, 6.45) is 1.34. The van der Waals surface area contributed by atoms with Crippen molar-refractivity contribution in [3.05, 3.63) is 35.4 Å². The third kappa shape index (κ3) is 3.76. The van der Waals surface area contributed by atoms with Crippen LogP contribution < -0.4 is 0 Å². The minimum atomic E-state index is -2.97. The first-order valence-electron chi connectivity index (χ1n) is 6.68. The van der Waals surface area contributed by atoms with Crippen LogP contribution >= 0.6 is 0 Å². The van der Waals surface area contributed by atoms with Gasteiger partial charge in [0.1, 0.15) is 21.5 Å². The number of aliphatic hydroxyl groups excluding tert-OH is 1. The Labute approximate surface area is 117 Å². The van der Waals surface area contributed by atoms with Gasteiger partial charge in [-0.3, -0.25) is 0 Å². The fourth-order valence-corrected chi connectivity index (χ4v) is 4.44. The maximum atomic E-state index is 13.3. The van der Waals surface area contributed by atoms with Crippen LogP contribution in [0.5, 0.6) is 0 Å². The Morgan fingerprint density at radius 1 is 1.15 bits per heavy atom. The van der Waals surface area contributed by atoms with Gasteiger partial charge >= 0.3 is 0 Å². The highest BCUT2D eigenvalue weighted by molar-refractivity contribution is 7.91. The number of rotatable bonds is 4. The molecule has 6 heteroatoms. The zero-order valence-electron chi connectivity index (χ0n) is 11.1. The van der Waals surface area contributed by atoms with E-state index in [2.05, 4.69) is 0 Å². The summed E-state index contributed by atoms with van der Waals surface area (Å²) in [6, 6.07) is 3.35. The molecule has 1 N–H and O–H groups in total. The van der Waals surface area contributed by atoms with Crippen molar-refractivity contribution in [3.8, 4) is 0 Å². The molecule has 1 heterocycles. The highest BCUT2D eigenvalue weighted by atomic mass is 32.2. The number of hydrogen-bond acceptors (Lipinski definition) is 3. The summed E-state index contributed by atoms with van der Waals surface area (Å²) >= 11 is 0. The van der Waals surface area contributed by atoms with Crippen LogP contribution in [0.15, 0.2) is 18.2 Å². The number of halogens is 2. The molecule has 1 aliphatic rings. The van der Waals surface area contributed by atoms with E-state index in [9.17, 15) is 17.2 Å². The summed E-state index contributed by atoms with van der Waals surface area (Å²) < 4.78 is 49.5. The van der Waals surface area contributed by atoms with Crippen LogP contribution in [0.2, 0.25) is 0 Å². The lowest BCUT2D eigenvalue weighted by Gasteiger charge is -2.30. The average molecular weight is 304 g/mol. The second kappa shape index (κ2) is 6.18. The van der Waals surface area contributed by atoms with E-state index in [1.165, 1.54) is 12.1 Å². The Kier molecular flexibility index (Phi) is 4.75. The van der Waals surface area contributed by atoms with Crippen molar-refractivity contribution in [1.82, 2.24) is 0 Å². The van der Waals surface area contributed by atoms with E-state index in [1.807, 2.05) is 0 Å². The largest absolute Gasteiger partial charge is 0.396 e. The molecule has 1 aromatic rings. The maximum Gasteiger partial charge on any atom is 0.150 e. The molecular formula is C14H18F2O3S. The third-order valence-electron chi connectivity index (χ3n) is 3.92. The van der Waals surface area contributed by atoms with Crippen LogP contribution in [0.1, 0.15) is 30.7 Å². The van der Waals surface area contributed by atoms with Gasteiger partial charge in [-0.15, -0.1) is 0 Å². The van der Waals surface area contributed by atoms with Gasteiger partial charge in [0.05, 0.1) is 11.5 Å². The van der Waals surface area contributed by atoms with Crippen molar-refractivity contribution in [2.45, 2.75) is 25.2 Å². The van der Waals surface area contributed by atoms with E-state index in [4.69, 9.17) is 5.11 Å². The van der Waals surface area contributed by atoms with Crippen molar-refractivity contribution < 1.29 is 22.3 Å². The van der Waals surface area contributed by atoms with Gasteiger partial charge < -0.3 is 5.11 Å². The molecule has 0 radical (unpaired) electrons. The summed E-state index contributed by atoms with van der Waals surface area (Å²) in [4.78, 5) is 0. The average Bonchev–Trinajstić information content (AvgIpc) is 2.35. The fourth-order valence-electron chi connectivity index (χ4n) is 2.91. The lowest BCUT2D eigenvalue weighted by Crippen LogP contribution is -2.27. The van der Waals surface area contributed by atoms with Gasteiger partial charge in [0.15, 0.2) is 0 Å². The lowest BCUT2D eigenvalue weighted by atomic mass is 9.80. The molecule has 0 spiro atoms. The van der Waals surface area contributed by atoms with Crippen LogP contribution in [0.3, 0.4) is 0 Å². The first kappa shape index (κ1) is 15.4. The van der Waals surface area contributed by atoms with Crippen LogP contribution in [-0.4, -0.2) is 31.6 Å². The molecule has 0 aromatic heterocycles. The van der Waals surface area contributed by atoms with E-state index in [0.717, 1.165) is 6.07 Å². The number of benzene rings is 1. The molecule has 0 bridgehead atoms. The topological polar surface area (TPSA) is 54.4 Å². The zero-order valence-corrected chi connectivity index (χ0v) is 11.9. The Bertz CT molecular complexity index is 538. The smallest absolute Gasteiger partial charge is 0.150 e. The summed E-state index contributed by atoms with van der Waals surface area (Å²) in [6.45, 7) is -0.0912. The van der Waals surface area contributed by atoms with Gasteiger partial charge in [-0.2, -0.15) is 0 Å². The van der Waals surface area contributed by atoms with E-state index < -0.39 is 21.5 Å².